The predicted octanol–water partition coefficient (Wildman–Crippen LogP) is 6.36. The molecule has 0 fully saturated rings. The van der Waals surface area contributed by atoms with Gasteiger partial charge >= 0.3 is 7.75 Å². The van der Waals surface area contributed by atoms with Crippen molar-refractivity contribution in [3.8, 4) is 11.8 Å². The molecule has 3 rings (SSSR count). The van der Waals surface area contributed by atoms with Gasteiger partial charge in [-0.05, 0) is 65.8 Å². The fourth-order valence-electron chi connectivity index (χ4n) is 3.28. The first kappa shape index (κ1) is 23.2. The number of ether oxygens (including phenoxy) is 1. The fourth-order valence-corrected chi connectivity index (χ4v) is 5.37. The number of anilines is 1. The van der Waals surface area contributed by atoms with E-state index in [1.807, 2.05) is 50.2 Å². The summed E-state index contributed by atoms with van der Waals surface area (Å²) in [7, 11) is -3.98. The lowest BCUT2D eigenvalue weighted by molar-refractivity contribution is 0.136. The average Bonchev–Trinajstić information content (AvgIpc) is 2.94. The van der Waals surface area contributed by atoms with Crippen LogP contribution in [0.4, 0.5) is 5.69 Å². The minimum atomic E-state index is -3.98. The van der Waals surface area contributed by atoms with Gasteiger partial charge in [-0.3, -0.25) is 9.05 Å². The van der Waals surface area contributed by atoms with Crippen molar-refractivity contribution in [2.45, 2.75) is 59.9 Å². The average molecular weight is 446 g/mol. The van der Waals surface area contributed by atoms with E-state index in [-0.39, 0.29) is 12.0 Å². The summed E-state index contributed by atoms with van der Waals surface area (Å²) in [5, 5.41) is 12.5. The summed E-state index contributed by atoms with van der Waals surface area (Å²) in [6.07, 6.45) is -0.972. The molecule has 0 spiro atoms. The minimum Gasteiger partial charge on any atom is -0.493 e. The van der Waals surface area contributed by atoms with E-state index in [0.29, 0.717) is 22.3 Å². The van der Waals surface area contributed by atoms with E-state index in [1.54, 1.807) is 45.9 Å². The van der Waals surface area contributed by atoms with E-state index in [2.05, 4.69) is 0 Å². The lowest BCUT2D eigenvalue weighted by Gasteiger charge is -2.35. The maximum atomic E-state index is 14.3. The number of nitrogens with zero attached hydrogens (tertiary/aromatic N) is 2. The van der Waals surface area contributed by atoms with Gasteiger partial charge < -0.3 is 9.84 Å². The molecule has 0 aliphatic heterocycles. The molecule has 0 bridgehead atoms. The second-order valence-electron chi connectivity index (χ2n) is 8.05. The van der Waals surface area contributed by atoms with Crippen molar-refractivity contribution in [2.75, 3.05) is 4.78 Å². The highest BCUT2D eigenvalue weighted by atomic mass is 31.2. The Kier molecular flexibility index (Phi) is 6.99. The van der Waals surface area contributed by atoms with E-state index < -0.39 is 20.0 Å². The summed E-state index contributed by atoms with van der Waals surface area (Å²) in [4.78, 5) is 0. The van der Waals surface area contributed by atoms with Crippen LogP contribution in [0, 0.1) is 0 Å². The number of aromatic nitrogens is 1. The van der Waals surface area contributed by atoms with Crippen molar-refractivity contribution in [3.63, 3.8) is 0 Å². The van der Waals surface area contributed by atoms with Crippen LogP contribution in [-0.2, 0) is 13.6 Å². The second-order valence-corrected chi connectivity index (χ2v) is 9.79. The third kappa shape index (κ3) is 4.90. The van der Waals surface area contributed by atoms with Gasteiger partial charge in [-0.1, -0.05) is 30.3 Å². The SMILES string of the molecule is CC(C)Oc1c2ccccc2c(O)n1N(c1ccccc1)P(=O)(OC(C)C)OC(C)C. The Balaban J connectivity index is 2.37. The van der Waals surface area contributed by atoms with Crippen molar-refractivity contribution in [1.29, 1.82) is 0 Å². The largest absolute Gasteiger partial charge is 0.493 e. The van der Waals surface area contributed by atoms with Crippen molar-refractivity contribution >= 4 is 24.2 Å². The van der Waals surface area contributed by atoms with Gasteiger partial charge in [-0.2, -0.15) is 9.46 Å². The maximum Gasteiger partial charge on any atom is 0.454 e. The van der Waals surface area contributed by atoms with Gasteiger partial charge in [0.2, 0.25) is 11.8 Å². The first-order chi connectivity index (χ1) is 14.6. The van der Waals surface area contributed by atoms with Crippen molar-refractivity contribution in [1.82, 2.24) is 4.68 Å². The first-order valence-electron chi connectivity index (χ1n) is 10.5. The molecule has 0 atom stereocenters. The molecular weight excluding hydrogens is 415 g/mol. The Labute approximate surface area is 183 Å². The molecule has 168 valence electrons. The highest BCUT2D eigenvalue weighted by Crippen LogP contribution is 2.58. The summed E-state index contributed by atoms with van der Waals surface area (Å²) < 4.78 is 35.0. The molecule has 0 radical (unpaired) electrons. The lowest BCUT2D eigenvalue weighted by atomic mass is 10.2. The molecule has 1 heterocycles. The van der Waals surface area contributed by atoms with E-state index in [9.17, 15) is 9.67 Å². The van der Waals surface area contributed by atoms with Crippen molar-refractivity contribution < 1.29 is 23.5 Å². The van der Waals surface area contributed by atoms with Crippen LogP contribution < -0.4 is 9.52 Å². The second kappa shape index (κ2) is 9.35. The first-order valence-corrected chi connectivity index (χ1v) is 12.0. The zero-order valence-corrected chi connectivity index (χ0v) is 19.7. The zero-order chi connectivity index (χ0) is 22.8. The van der Waals surface area contributed by atoms with Gasteiger partial charge in [0.15, 0.2) is 0 Å². The number of aromatic hydroxyl groups is 1. The van der Waals surface area contributed by atoms with Crippen molar-refractivity contribution in [2.24, 2.45) is 0 Å². The molecule has 0 aliphatic carbocycles. The highest BCUT2D eigenvalue weighted by molar-refractivity contribution is 7.55. The van der Waals surface area contributed by atoms with Crippen molar-refractivity contribution in [3.05, 3.63) is 54.6 Å². The Morgan fingerprint density at radius 1 is 0.806 bits per heavy atom. The van der Waals surface area contributed by atoms with Crippen LogP contribution in [0.3, 0.4) is 0 Å². The van der Waals surface area contributed by atoms with Crippen LogP contribution in [0.5, 0.6) is 11.8 Å². The Bertz CT molecular complexity index is 1050. The van der Waals surface area contributed by atoms with Crippen LogP contribution >= 0.6 is 7.75 Å². The quantitative estimate of drug-likeness (QED) is 0.386. The zero-order valence-electron chi connectivity index (χ0n) is 18.9. The third-order valence-corrected chi connectivity index (χ3v) is 6.49. The predicted molar refractivity (Wildman–Crippen MR) is 124 cm³/mol. The summed E-state index contributed by atoms with van der Waals surface area (Å²) in [5.74, 6) is 0.238. The summed E-state index contributed by atoms with van der Waals surface area (Å²) >= 11 is 0. The molecule has 31 heavy (non-hydrogen) atoms. The maximum absolute atomic E-state index is 14.3. The third-order valence-electron chi connectivity index (χ3n) is 4.24. The van der Waals surface area contributed by atoms with Gasteiger partial charge in [-0.25, -0.2) is 4.57 Å². The van der Waals surface area contributed by atoms with E-state index >= 15 is 0 Å². The van der Waals surface area contributed by atoms with Crippen LogP contribution in [0.1, 0.15) is 41.5 Å². The van der Waals surface area contributed by atoms with Crippen LogP contribution in [0.25, 0.3) is 10.8 Å². The molecule has 7 nitrogen and oxygen atoms in total. The number of rotatable bonds is 9. The molecule has 0 saturated heterocycles. The molecule has 0 saturated carbocycles. The number of fused-ring (bicyclic) bond motifs is 1. The van der Waals surface area contributed by atoms with E-state index in [4.69, 9.17) is 13.8 Å². The smallest absolute Gasteiger partial charge is 0.454 e. The van der Waals surface area contributed by atoms with Crippen LogP contribution in [0.15, 0.2) is 54.6 Å². The minimum absolute atomic E-state index is 0.116. The standard InChI is InChI=1S/C23H31N2O5P/c1-16(2)28-23-21-15-11-10-14-20(21)22(26)24(23)25(19-12-8-7-9-13-19)31(27,29-17(3)4)30-18(5)6/h7-18,26H,1-6H3. The van der Waals surface area contributed by atoms with Gasteiger partial charge in [0.1, 0.15) is 0 Å². The topological polar surface area (TPSA) is 73.2 Å². The summed E-state index contributed by atoms with van der Waals surface area (Å²) in [5.41, 5.74) is 0.524. The number of benzene rings is 2. The highest BCUT2D eigenvalue weighted by Gasteiger charge is 2.41. The molecular formula is C23H31N2O5P. The van der Waals surface area contributed by atoms with Crippen LogP contribution in [-0.4, -0.2) is 28.1 Å². The van der Waals surface area contributed by atoms with E-state index in [0.717, 1.165) is 0 Å². The van der Waals surface area contributed by atoms with Gasteiger partial charge in [0.25, 0.3) is 0 Å². The van der Waals surface area contributed by atoms with Crippen LogP contribution in [0.2, 0.25) is 0 Å². The Hall–Kier alpha value is -2.47. The number of hydrogen-bond acceptors (Lipinski definition) is 5. The van der Waals surface area contributed by atoms with Gasteiger partial charge in [0.05, 0.1) is 24.0 Å². The number of para-hydroxylation sites is 1. The molecule has 0 aliphatic rings. The fraction of sp³-hybridized carbons (Fsp3) is 0.391. The summed E-state index contributed by atoms with van der Waals surface area (Å²) in [6, 6.07) is 16.4. The molecule has 0 unspecified atom stereocenters. The molecule has 8 heteroatoms. The monoisotopic (exact) mass is 446 g/mol. The molecule has 2 aromatic carbocycles. The molecule has 1 aromatic heterocycles. The normalized spacial score (nSPS) is 12.3. The summed E-state index contributed by atoms with van der Waals surface area (Å²) in [6.45, 7) is 10.9. The van der Waals surface area contributed by atoms with Gasteiger partial charge in [-0.15, -0.1) is 0 Å². The molecule has 1 N–H and O–H groups in total. The molecule has 0 amide bonds. The Morgan fingerprint density at radius 3 is 1.84 bits per heavy atom. The lowest BCUT2D eigenvalue weighted by Crippen LogP contribution is -2.31. The Morgan fingerprint density at radius 2 is 1.32 bits per heavy atom. The van der Waals surface area contributed by atoms with Gasteiger partial charge in [0, 0.05) is 10.8 Å². The van der Waals surface area contributed by atoms with E-state index in [1.165, 1.54) is 9.46 Å². The number of hydrogen-bond donors (Lipinski definition) is 1. The molecule has 3 aromatic rings.